The fraction of sp³-hybridized carbons (Fsp3) is 0.462. The minimum atomic E-state index is -3.31. The molecule has 0 radical (unpaired) electrons. The highest BCUT2D eigenvalue weighted by molar-refractivity contribution is 5.81. The van der Waals surface area contributed by atoms with Crippen molar-refractivity contribution in [2.45, 2.75) is 24.8 Å². The first-order valence-electron chi connectivity index (χ1n) is 6.00. The number of hydrogen-bond donors (Lipinski definition) is 3. The van der Waals surface area contributed by atoms with Crippen LogP contribution in [0.3, 0.4) is 0 Å². The number of nitrogens with one attached hydrogen (secondary N) is 1. The first kappa shape index (κ1) is 15.5. The van der Waals surface area contributed by atoms with Crippen molar-refractivity contribution in [2.75, 3.05) is 13.2 Å². The van der Waals surface area contributed by atoms with Crippen molar-refractivity contribution >= 4 is 5.91 Å². The summed E-state index contributed by atoms with van der Waals surface area (Å²) in [5.41, 5.74) is 6.65. The number of aliphatic hydroxyl groups is 1. The standard InChI is InChI=1S/C13H18F2N2O2/c14-13(15,9-18)8-17-12(19)11(16)7-6-10-4-2-1-3-5-10/h1-5,11,18H,6-9,16H2,(H,17,19)/t11-/m0/s1. The van der Waals surface area contributed by atoms with Gasteiger partial charge in [0.05, 0.1) is 12.6 Å². The van der Waals surface area contributed by atoms with Crippen LogP contribution in [-0.4, -0.2) is 36.1 Å². The lowest BCUT2D eigenvalue weighted by molar-refractivity contribution is -0.125. The van der Waals surface area contributed by atoms with Crippen LogP contribution in [0.4, 0.5) is 8.78 Å². The number of aryl methyl sites for hydroxylation is 1. The molecule has 0 heterocycles. The molecular formula is C13H18F2N2O2. The SMILES string of the molecule is N[C@@H](CCc1ccccc1)C(=O)NCC(F)(F)CO. The van der Waals surface area contributed by atoms with Gasteiger partial charge in [-0.15, -0.1) is 0 Å². The number of hydrogen-bond acceptors (Lipinski definition) is 3. The molecule has 0 spiro atoms. The highest BCUT2D eigenvalue weighted by atomic mass is 19.3. The molecule has 0 aromatic heterocycles. The smallest absolute Gasteiger partial charge is 0.287 e. The molecule has 6 heteroatoms. The van der Waals surface area contributed by atoms with Gasteiger partial charge in [-0.05, 0) is 18.4 Å². The van der Waals surface area contributed by atoms with Crippen molar-refractivity contribution in [1.82, 2.24) is 5.32 Å². The van der Waals surface area contributed by atoms with Gasteiger partial charge in [0.15, 0.2) is 0 Å². The topological polar surface area (TPSA) is 75.4 Å². The molecule has 106 valence electrons. The van der Waals surface area contributed by atoms with Crippen LogP contribution in [0.25, 0.3) is 0 Å². The zero-order chi connectivity index (χ0) is 14.3. The lowest BCUT2D eigenvalue weighted by Crippen LogP contribution is -2.46. The number of nitrogens with two attached hydrogens (primary N) is 1. The number of rotatable bonds is 7. The van der Waals surface area contributed by atoms with Gasteiger partial charge < -0.3 is 16.2 Å². The summed E-state index contributed by atoms with van der Waals surface area (Å²) in [5.74, 6) is -3.95. The molecule has 0 saturated carbocycles. The Morgan fingerprint density at radius 3 is 2.58 bits per heavy atom. The first-order chi connectivity index (χ1) is 8.94. The van der Waals surface area contributed by atoms with E-state index >= 15 is 0 Å². The molecule has 0 aliphatic heterocycles. The van der Waals surface area contributed by atoms with Gasteiger partial charge in [0.1, 0.15) is 6.61 Å². The Morgan fingerprint density at radius 2 is 2.00 bits per heavy atom. The molecule has 0 fully saturated rings. The molecule has 19 heavy (non-hydrogen) atoms. The maximum absolute atomic E-state index is 12.7. The van der Waals surface area contributed by atoms with Crippen LogP contribution in [0, 0.1) is 0 Å². The van der Waals surface area contributed by atoms with Crippen molar-refractivity contribution in [3.8, 4) is 0 Å². The van der Waals surface area contributed by atoms with Gasteiger partial charge in [0.2, 0.25) is 5.91 Å². The quantitative estimate of drug-likeness (QED) is 0.683. The number of aliphatic hydroxyl groups excluding tert-OH is 1. The second-order valence-electron chi connectivity index (χ2n) is 4.36. The van der Waals surface area contributed by atoms with Crippen LogP contribution < -0.4 is 11.1 Å². The fourth-order valence-corrected chi connectivity index (χ4v) is 1.50. The van der Waals surface area contributed by atoms with E-state index in [1.165, 1.54) is 0 Å². The van der Waals surface area contributed by atoms with E-state index in [1.807, 2.05) is 35.6 Å². The number of benzene rings is 1. The summed E-state index contributed by atoms with van der Waals surface area (Å²) in [6.07, 6.45) is 0.979. The number of carbonyl (C=O) groups is 1. The molecule has 4 nitrogen and oxygen atoms in total. The first-order valence-corrected chi connectivity index (χ1v) is 6.00. The van der Waals surface area contributed by atoms with E-state index in [0.717, 1.165) is 5.56 Å². The third-order valence-electron chi connectivity index (χ3n) is 2.68. The summed E-state index contributed by atoms with van der Waals surface area (Å²) >= 11 is 0. The Balaban J connectivity index is 2.33. The van der Waals surface area contributed by atoms with E-state index in [0.29, 0.717) is 12.8 Å². The van der Waals surface area contributed by atoms with Crippen LogP contribution in [0.5, 0.6) is 0 Å². The summed E-state index contributed by atoms with van der Waals surface area (Å²) in [6, 6.07) is 8.61. The number of halogens is 2. The van der Waals surface area contributed by atoms with Crippen molar-refractivity contribution in [3.63, 3.8) is 0 Å². The zero-order valence-electron chi connectivity index (χ0n) is 10.5. The Morgan fingerprint density at radius 1 is 1.37 bits per heavy atom. The maximum Gasteiger partial charge on any atom is 0.287 e. The Hall–Kier alpha value is -1.53. The largest absolute Gasteiger partial charge is 0.390 e. The lowest BCUT2D eigenvalue weighted by atomic mass is 10.1. The van der Waals surface area contributed by atoms with Crippen LogP contribution in [0.15, 0.2) is 30.3 Å². The third kappa shape index (κ3) is 5.76. The average molecular weight is 272 g/mol. The van der Waals surface area contributed by atoms with E-state index in [1.54, 1.807) is 0 Å². The Labute approximate surface area is 110 Å². The molecule has 1 aromatic rings. The number of carbonyl (C=O) groups excluding carboxylic acids is 1. The Kier molecular flexibility index (Phi) is 5.85. The molecule has 0 bridgehead atoms. The number of amides is 1. The molecule has 1 atom stereocenters. The van der Waals surface area contributed by atoms with Crippen molar-refractivity contribution in [1.29, 1.82) is 0 Å². The average Bonchev–Trinajstić information content (AvgIpc) is 2.43. The summed E-state index contributed by atoms with van der Waals surface area (Å²) in [5, 5.41) is 10.4. The molecule has 0 aliphatic carbocycles. The molecule has 1 aromatic carbocycles. The molecule has 1 rings (SSSR count). The maximum atomic E-state index is 12.7. The lowest BCUT2D eigenvalue weighted by Gasteiger charge is -2.16. The summed E-state index contributed by atoms with van der Waals surface area (Å²) in [7, 11) is 0. The van der Waals surface area contributed by atoms with E-state index in [4.69, 9.17) is 10.8 Å². The van der Waals surface area contributed by atoms with Crippen LogP contribution in [0.2, 0.25) is 0 Å². The monoisotopic (exact) mass is 272 g/mol. The van der Waals surface area contributed by atoms with Crippen molar-refractivity contribution in [2.24, 2.45) is 5.73 Å². The van der Waals surface area contributed by atoms with E-state index in [-0.39, 0.29) is 0 Å². The normalized spacial score (nSPS) is 13.1. The minimum absolute atomic E-state index is 0.376. The predicted octanol–water partition coefficient (Wildman–Crippen LogP) is 0.690. The van der Waals surface area contributed by atoms with Gasteiger partial charge in [0.25, 0.3) is 5.92 Å². The zero-order valence-corrected chi connectivity index (χ0v) is 10.5. The van der Waals surface area contributed by atoms with E-state index in [2.05, 4.69) is 0 Å². The van der Waals surface area contributed by atoms with Crippen LogP contribution in [-0.2, 0) is 11.2 Å². The summed E-state index contributed by atoms with van der Waals surface area (Å²) < 4.78 is 25.4. The van der Waals surface area contributed by atoms with Gasteiger partial charge in [0, 0.05) is 0 Å². The van der Waals surface area contributed by atoms with Crippen molar-refractivity contribution < 1.29 is 18.7 Å². The minimum Gasteiger partial charge on any atom is -0.390 e. The predicted molar refractivity (Wildman–Crippen MR) is 67.8 cm³/mol. The highest BCUT2D eigenvalue weighted by Gasteiger charge is 2.29. The van der Waals surface area contributed by atoms with Gasteiger partial charge in [-0.25, -0.2) is 8.78 Å². The van der Waals surface area contributed by atoms with Gasteiger partial charge in [-0.1, -0.05) is 30.3 Å². The van der Waals surface area contributed by atoms with Crippen LogP contribution >= 0.6 is 0 Å². The summed E-state index contributed by atoms with van der Waals surface area (Å²) in [6.45, 7) is -2.20. The molecule has 0 aliphatic rings. The Bertz CT molecular complexity index is 399. The third-order valence-corrected chi connectivity index (χ3v) is 2.68. The van der Waals surface area contributed by atoms with Crippen molar-refractivity contribution in [3.05, 3.63) is 35.9 Å². The number of alkyl halides is 2. The second-order valence-corrected chi connectivity index (χ2v) is 4.36. The fourth-order valence-electron chi connectivity index (χ4n) is 1.50. The van der Waals surface area contributed by atoms with Gasteiger partial charge in [-0.3, -0.25) is 4.79 Å². The summed E-state index contributed by atoms with van der Waals surface area (Å²) in [4.78, 5) is 11.5. The molecule has 0 unspecified atom stereocenters. The molecular weight excluding hydrogens is 254 g/mol. The van der Waals surface area contributed by atoms with Gasteiger partial charge >= 0.3 is 0 Å². The van der Waals surface area contributed by atoms with Crippen LogP contribution in [0.1, 0.15) is 12.0 Å². The molecule has 1 amide bonds. The highest BCUT2D eigenvalue weighted by Crippen LogP contribution is 2.10. The van der Waals surface area contributed by atoms with E-state index in [9.17, 15) is 13.6 Å². The molecule has 4 N–H and O–H groups in total. The van der Waals surface area contributed by atoms with Gasteiger partial charge in [-0.2, -0.15) is 0 Å². The molecule has 0 saturated heterocycles. The van der Waals surface area contributed by atoms with E-state index < -0.39 is 31.0 Å². The second kappa shape index (κ2) is 7.16.